The maximum Gasteiger partial charge on any atom is 0.329 e. The molecule has 1 amide bonds. The molecule has 3 rings (SSSR count). The van der Waals surface area contributed by atoms with Crippen molar-refractivity contribution in [3.8, 4) is 0 Å². The zero-order valence-electron chi connectivity index (χ0n) is 14.8. The third-order valence-electron chi connectivity index (χ3n) is 4.15. The molecule has 3 N–H and O–H groups in total. The first-order valence-corrected chi connectivity index (χ1v) is 10.1. The molecule has 0 spiro atoms. The van der Waals surface area contributed by atoms with Crippen LogP contribution in [0, 0.1) is 0 Å². The molecule has 0 atom stereocenters. The summed E-state index contributed by atoms with van der Waals surface area (Å²) in [7, 11) is -3.61. The van der Waals surface area contributed by atoms with Crippen LogP contribution in [0.2, 0.25) is 0 Å². The van der Waals surface area contributed by atoms with E-state index in [0.717, 1.165) is 5.52 Å². The summed E-state index contributed by atoms with van der Waals surface area (Å²) in [5, 5.41) is 7.72. The number of hydrogen-bond acceptors (Lipinski definition) is 4. The molecule has 0 saturated heterocycles. The van der Waals surface area contributed by atoms with Gasteiger partial charge in [-0.2, -0.15) is 0 Å². The number of fused-ring (bicyclic) bond motifs is 1. The molecule has 3 aromatic rings. The molecule has 9 heteroatoms. The van der Waals surface area contributed by atoms with Crippen molar-refractivity contribution in [3.05, 3.63) is 64.6 Å². The Labute approximate surface area is 156 Å². The lowest BCUT2D eigenvalue weighted by molar-refractivity contribution is -0.116. The van der Waals surface area contributed by atoms with Gasteiger partial charge >= 0.3 is 5.69 Å². The third-order valence-corrected chi connectivity index (χ3v) is 4.88. The number of sulfonamides is 1. The highest BCUT2D eigenvalue weighted by Crippen LogP contribution is 2.14. The molecule has 0 aliphatic carbocycles. The SMILES string of the molecule is CCn1c(=O)n(CC(=O)Nc2ccc(CS(N)(=O)=O)cc2)c2ccccc21. The van der Waals surface area contributed by atoms with Crippen LogP contribution in [-0.4, -0.2) is 23.5 Å². The Hall–Kier alpha value is -2.91. The van der Waals surface area contributed by atoms with E-state index < -0.39 is 10.0 Å². The molecule has 2 aromatic carbocycles. The van der Waals surface area contributed by atoms with Crippen LogP contribution in [0.5, 0.6) is 0 Å². The zero-order chi connectivity index (χ0) is 19.6. The Morgan fingerprint density at radius 1 is 1.04 bits per heavy atom. The van der Waals surface area contributed by atoms with Crippen molar-refractivity contribution in [3.63, 3.8) is 0 Å². The van der Waals surface area contributed by atoms with Crippen molar-refractivity contribution in [1.29, 1.82) is 0 Å². The third kappa shape index (κ3) is 4.26. The lowest BCUT2D eigenvalue weighted by Gasteiger charge is -2.07. The number of primary sulfonamides is 1. The second-order valence-electron chi connectivity index (χ2n) is 6.15. The number of imidazole rings is 1. The van der Waals surface area contributed by atoms with Crippen molar-refractivity contribution in [2.75, 3.05) is 5.32 Å². The number of anilines is 1. The van der Waals surface area contributed by atoms with Crippen LogP contribution in [0.4, 0.5) is 5.69 Å². The summed E-state index contributed by atoms with van der Waals surface area (Å²) in [6.45, 7) is 2.27. The number of nitrogens with zero attached hydrogens (tertiary/aromatic N) is 2. The number of para-hydroxylation sites is 2. The number of rotatable bonds is 6. The first kappa shape index (κ1) is 18.9. The van der Waals surface area contributed by atoms with Crippen LogP contribution in [-0.2, 0) is 33.7 Å². The summed E-state index contributed by atoms with van der Waals surface area (Å²) in [5.41, 5.74) is 2.27. The van der Waals surface area contributed by atoms with Crippen LogP contribution < -0.4 is 16.1 Å². The van der Waals surface area contributed by atoms with Gasteiger partial charge in [0.2, 0.25) is 15.9 Å². The van der Waals surface area contributed by atoms with E-state index in [1.54, 1.807) is 34.9 Å². The van der Waals surface area contributed by atoms with E-state index >= 15 is 0 Å². The Morgan fingerprint density at radius 3 is 2.19 bits per heavy atom. The molecule has 27 heavy (non-hydrogen) atoms. The monoisotopic (exact) mass is 388 g/mol. The minimum atomic E-state index is -3.61. The number of benzene rings is 2. The highest BCUT2D eigenvalue weighted by molar-refractivity contribution is 7.88. The zero-order valence-corrected chi connectivity index (χ0v) is 15.6. The average molecular weight is 388 g/mol. The molecule has 0 bridgehead atoms. The van der Waals surface area contributed by atoms with E-state index in [1.807, 2.05) is 25.1 Å². The molecule has 1 aromatic heterocycles. The number of nitrogens with one attached hydrogen (secondary N) is 1. The van der Waals surface area contributed by atoms with Gasteiger partial charge < -0.3 is 5.32 Å². The van der Waals surface area contributed by atoms with Gasteiger partial charge in [-0.05, 0) is 36.8 Å². The second-order valence-corrected chi connectivity index (χ2v) is 7.77. The van der Waals surface area contributed by atoms with Gasteiger partial charge in [-0.25, -0.2) is 18.4 Å². The predicted molar refractivity (Wildman–Crippen MR) is 104 cm³/mol. The standard InChI is InChI=1S/C18H20N4O4S/c1-2-21-15-5-3-4-6-16(15)22(18(21)24)11-17(23)20-14-9-7-13(8-10-14)12-27(19,25)26/h3-10H,2,11-12H2,1H3,(H,20,23)(H2,19,25,26). The van der Waals surface area contributed by atoms with Crippen molar-refractivity contribution < 1.29 is 13.2 Å². The molecule has 0 fully saturated rings. The average Bonchev–Trinajstić information content (AvgIpc) is 2.87. The summed E-state index contributed by atoms with van der Waals surface area (Å²) in [6, 6.07) is 13.7. The summed E-state index contributed by atoms with van der Waals surface area (Å²) >= 11 is 0. The van der Waals surface area contributed by atoms with Gasteiger partial charge in [0.25, 0.3) is 0 Å². The highest BCUT2D eigenvalue weighted by atomic mass is 32.2. The molecule has 0 radical (unpaired) electrons. The van der Waals surface area contributed by atoms with Crippen molar-refractivity contribution in [2.45, 2.75) is 25.8 Å². The summed E-state index contributed by atoms with van der Waals surface area (Å²) in [6.07, 6.45) is 0. The summed E-state index contributed by atoms with van der Waals surface area (Å²) < 4.78 is 25.3. The number of aromatic nitrogens is 2. The van der Waals surface area contributed by atoms with Crippen LogP contribution in [0.1, 0.15) is 12.5 Å². The van der Waals surface area contributed by atoms with Gasteiger partial charge in [0, 0.05) is 12.2 Å². The van der Waals surface area contributed by atoms with Crippen LogP contribution in [0.15, 0.2) is 53.3 Å². The highest BCUT2D eigenvalue weighted by Gasteiger charge is 2.14. The summed E-state index contributed by atoms with van der Waals surface area (Å²) in [4.78, 5) is 25.0. The number of hydrogen-bond donors (Lipinski definition) is 2. The van der Waals surface area contributed by atoms with Gasteiger partial charge in [-0.3, -0.25) is 13.9 Å². The quantitative estimate of drug-likeness (QED) is 0.661. The molecular formula is C18H20N4O4S. The Morgan fingerprint density at radius 2 is 1.63 bits per heavy atom. The smallest absolute Gasteiger partial charge is 0.325 e. The largest absolute Gasteiger partial charge is 0.329 e. The molecular weight excluding hydrogens is 368 g/mol. The minimum Gasteiger partial charge on any atom is -0.325 e. The minimum absolute atomic E-state index is 0.120. The van der Waals surface area contributed by atoms with Gasteiger partial charge in [0.15, 0.2) is 0 Å². The van der Waals surface area contributed by atoms with Crippen molar-refractivity contribution in [1.82, 2.24) is 9.13 Å². The number of amides is 1. The lowest BCUT2D eigenvalue weighted by atomic mass is 10.2. The molecule has 8 nitrogen and oxygen atoms in total. The second kappa shape index (κ2) is 7.37. The number of carbonyl (C=O) groups is 1. The molecule has 0 unspecified atom stereocenters. The van der Waals surface area contributed by atoms with Crippen molar-refractivity contribution in [2.24, 2.45) is 5.14 Å². The predicted octanol–water partition coefficient (Wildman–Crippen LogP) is 1.25. The van der Waals surface area contributed by atoms with Gasteiger partial charge in [0.1, 0.15) is 6.54 Å². The molecule has 0 saturated carbocycles. The van der Waals surface area contributed by atoms with Gasteiger partial charge in [-0.15, -0.1) is 0 Å². The summed E-state index contributed by atoms with van der Waals surface area (Å²) in [5.74, 6) is -0.622. The van der Waals surface area contributed by atoms with E-state index in [0.29, 0.717) is 23.3 Å². The topological polar surface area (TPSA) is 116 Å². The normalized spacial score (nSPS) is 11.6. The number of nitrogens with two attached hydrogens (primary N) is 1. The Kier molecular flexibility index (Phi) is 5.15. The number of carbonyl (C=O) groups excluding carboxylic acids is 1. The van der Waals surface area contributed by atoms with E-state index in [4.69, 9.17) is 5.14 Å². The van der Waals surface area contributed by atoms with E-state index in [-0.39, 0.29) is 23.9 Å². The fourth-order valence-corrected chi connectivity index (χ4v) is 3.65. The number of aryl methyl sites for hydroxylation is 1. The Balaban J connectivity index is 1.78. The van der Waals surface area contributed by atoms with Crippen molar-refractivity contribution >= 4 is 32.7 Å². The fourth-order valence-electron chi connectivity index (χ4n) is 2.99. The van der Waals surface area contributed by atoms with Gasteiger partial charge in [-0.1, -0.05) is 24.3 Å². The maximum absolute atomic E-state index is 12.6. The molecule has 142 valence electrons. The first-order valence-electron chi connectivity index (χ1n) is 8.36. The van der Waals surface area contributed by atoms with Crippen LogP contribution in [0.25, 0.3) is 11.0 Å². The lowest BCUT2D eigenvalue weighted by Crippen LogP contribution is -2.29. The van der Waals surface area contributed by atoms with Crippen LogP contribution >= 0.6 is 0 Å². The van der Waals surface area contributed by atoms with E-state index in [2.05, 4.69) is 5.32 Å². The Bertz CT molecular complexity index is 1140. The maximum atomic E-state index is 12.6. The fraction of sp³-hybridized carbons (Fsp3) is 0.222. The van der Waals surface area contributed by atoms with E-state index in [9.17, 15) is 18.0 Å². The van der Waals surface area contributed by atoms with Gasteiger partial charge in [0.05, 0.1) is 16.8 Å². The molecule has 0 aliphatic heterocycles. The first-order chi connectivity index (χ1) is 12.8. The molecule has 1 heterocycles. The molecule has 0 aliphatic rings. The van der Waals surface area contributed by atoms with E-state index in [1.165, 1.54) is 4.57 Å². The van der Waals surface area contributed by atoms with Crippen LogP contribution in [0.3, 0.4) is 0 Å².